The molecule has 0 saturated carbocycles. The van der Waals surface area contributed by atoms with Gasteiger partial charge in [0.1, 0.15) is 0 Å². The molecule has 0 amide bonds. The van der Waals surface area contributed by atoms with Crippen molar-refractivity contribution in [1.82, 2.24) is 0 Å². The third-order valence-electron chi connectivity index (χ3n) is 3.74. The summed E-state index contributed by atoms with van der Waals surface area (Å²) in [5.74, 6) is -2.71. The van der Waals surface area contributed by atoms with Gasteiger partial charge in [0.2, 0.25) is 6.10 Å². The predicted molar refractivity (Wildman–Crippen MR) is 88.3 cm³/mol. The highest BCUT2D eigenvalue weighted by atomic mass is 16.6. The van der Waals surface area contributed by atoms with E-state index in [0.29, 0.717) is 11.1 Å². The fourth-order valence-corrected chi connectivity index (χ4v) is 2.52. The van der Waals surface area contributed by atoms with Crippen LogP contribution >= 0.6 is 0 Å². The van der Waals surface area contributed by atoms with Crippen molar-refractivity contribution in [3.05, 3.63) is 53.6 Å². The largest absolute Gasteiger partial charge is 0.504 e. The summed E-state index contributed by atoms with van der Waals surface area (Å²) in [5, 5.41) is 37.2. The smallest absolute Gasteiger partial charge is 0.349 e. The van der Waals surface area contributed by atoms with Gasteiger partial charge in [-0.3, -0.25) is 0 Å². The lowest BCUT2D eigenvalue weighted by Gasteiger charge is -2.32. The summed E-state index contributed by atoms with van der Waals surface area (Å²) in [6.45, 7) is 0. The third-order valence-corrected chi connectivity index (χ3v) is 3.74. The van der Waals surface area contributed by atoms with Crippen LogP contribution in [-0.4, -0.2) is 38.5 Å². The molecular formula is C18H14O8. The molecule has 0 radical (unpaired) electrons. The first-order valence-corrected chi connectivity index (χ1v) is 7.48. The molecule has 0 bridgehead atoms. The molecule has 8 nitrogen and oxygen atoms in total. The molecule has 8 heteroatoms. The molecule has 134 valence electrons. The molecule has 0 spiro atoms. The Morgan fingerprint density at radius 2 is 1.69 bits per heavy atom. The summed E-state index contributed by atoms with van der Waals surface area (Å²) in [6.07, 6.45) is -0.161. The average Bonchev–Trinajstić information content (AvgIpc) is 2.61. The summed E-state index contributed by atoms with van der Waals surface area (Å²) in [4.78, 5) is 22.2. The van der Waals surface area contributed by atoms with Crippen molar-refractivity contribution >= 4 is 18.0 Å². The molecule has 3 rings (SSSR count). The van der Waals surface area contributed by atoms with E-state index in [0.717, 1.165) is 6.08 Å². The average molecular weight is 358 g/mol. The second kappa shape index (κ2) is 6.67. The molecule has 0 aromatic heterocycles. The maximum Gasteiger partial charge on any atom is 0.349 e. The second-order valence-corrected chi connectivity index (χ2v) is 5.54. The lowest BCUT2D eigenvalue weighted by molar-refractivity contribution is -0.151. The molecule has 0 saturated heterocycles. The Morgan fingerprint density at radius 1 is 0.923 bits per heavy atom. The highest BCUT2D eigenvalue weighted by Crippen LogP contribution is 2.41. The van der Waals surface area contributed by atoms with Gasteiger partial charge in [-0.1, -0.05) is 12.1 Å². The number of aromatic hydroxyl groups is 2. The molecule has 1 aliphatic rings. The summed E-state index contributed by atoms with van der Waals surface area (Å²) in [5.41, 5.74) is 0.813. The van der Waals surface area contributed by atoms with Gasteiger partial charge in [0.05, 0.1) is 0 Å². The van der Waals surface area contributed by atoms with Crippen LogP contribution in [0, 0.1) is 0 Å². The van der Waals surface area contributed by atoms with Crippen LogP contribution in [0.1, 0.15) is 17.2 Å². The molecule has 4 N–H and O–H groups in total. The van der Waals surface area contributed by atoms with E-state index in [1.54, 1.807) is 6.07 Å². The molecule has 1 heterocycles. The van der Waals surface area contributed by atoms with Crippen LogP contribution < -0.4 is 9.47 Å². The van der Waals surface area contributed by atoms with E-state index in [9.17, 15) is 24.9 Å². The van der Waals surface area contributed by atoms with Crippen molar-refractivity contribution in [2.75, 3.05) is 0 Å². The number of carboxylic acids is 2. The molecule has 2 atom stereocenters. The van der Waals surface area contributed by atoms with Crippen LogP contribution in [0.5, 0.6) is 23.0 Å². The van der Waals surface area contributed by atoms with Crippen LogP contribution in [0.4, 0.5) is 0 Å². The van der Waals surface area contributed by atoms with Crippen molar-refractivity contribution < 1.29 is 39.5 Å². The number of ether oxygens (including phenoxy) is 2. The lowest BCUT2D eigenvalue weighted by atomic mass is 10.0. The number of phenols is 2. The first-order valence-electron chi connectivity index (χ1n) is 7.48. The van der Waals surface area contributed by atoms with Crippen LogP contribution in [-0.2, 0) is 9.59 Å². The second-order valence-electron chi connectivity index (χ2n) is 5.54. The van der Waals surface area contributed by atoms with E-state index in [1.807, 2.05) is 0 Å². The Labute approximate surface area is 147 Å². The van der Waals surface area contributed by atoms with Gasteiger partial charge in [-0.2, -0.15) is 0 Å². The molecule has 0 unspecified atom stereocenters. The number of phenolic OH excluding ortho intramolecular Hbond substituents is 2. The molecule has 2 aromatic rings. The minimum atomic E-state index is -1.40. The van der Waals surface area contributed by atoms with E-state index >= 15 is 0 Å². The van der Waals surface area contributed by atoms with E-state index in [1.165, 1.54) is 36.4 Å². The standard InChI is InChI=1S/C18H14O8/c19-11-4-3-10(8-12(11)20)16-17(18(23)24)26-14-7-9(2-6-15(21)22)1-5-13(14)25-16/h1-8,16-17,19-20H,(H,21,22)(H,23,24)/t16-,17-/m0/s1. The van der Waals surface area contributed by atoms with Gasteiger partial charge in [0, 0.05) is 11.6 Å². The number of fused-ring (bicyclic) bond motifs is 1. The quantitative estimate of drug-likeness (QED) is 0.483. The van der Waals surface area contributed by atoms with E-state index in [2.05, 4.69) is 0 Å². The first-order chi connectivity index (χ1) is 12.3. The van der Waals surface area contributed by atoms with Gasteiger partial charge in [-0.25, -0.2) is 9.59 Å². The Morgan fingerprint density at radius 3 is 2.35 bits per heavy atom. The maximum atomic E-state index is 11.6. The van der Waals surface area contributed by atoms with Crippen molar-refractivity contribution in [3.8, 4) is 23.0 Å². The maximum absolute atomic E-state index is 11.6. The van der Waals surface area contributed by atoms with Crippen LogP contribution in [0.15, 0.2) is 42.5 Å². The monoisotopic (exact) mass is 358 g/mol. The first kappa shape index (κ1) is 17.2. The molecule has 26 heavy (non-hydrogen) atoms. The Kier molecular flexibility index (Phi) is 4.40. The van der Waals surface area contributed by atoms with Gasteiger partial charge in [0.25, 0.3) is 0 Å². The van der Waals surface area contributed by atoms with Crippen molar-refractivity contribution in [3.63, 3.8) is 0 Å². The van der Waals surface area contributed by atoms with Gasteiger partial charge in [-0.15, -0.1) is 0 Å². The highest BCUT2D eigenvalue weighted by molar-refractivity contribution is 5.85. The zero-order chi connectivity index (χ0) is 18.8. The predicted octanol–water partition coefficient (Wildman–Crippen LogP) is 2.16. The van der Waals surface area contributed by atoms with E-state index < -0.39 is 29.9 Å². The van der Waals surface area contributed by atoms with Crippen LogP contribution in [0.3, 0.4) is 0 Å². The zero-order valence-corrected chi connectivity index (χ0v) is 13.2. The Balaban J connectivity index is 1.96. The fraction of sp³-hybridized carbons (Fsp3) is 0.111. The van der Waals surface area contributed by atoms with Gasteiger partial charge >= 0.3 is 11.9 Å². The van der Waals surface area contributed by atoms with Crippen LogP contribution in [0.25, 0.3) is 6.08 Å². The van der Waals surface area contributed by atoms with Gasteiger partial charge in [-0.05, 0) is 35.9 Å². The van der Waals surface area contributed by atoms with Crippen molar-refractivity contribution in [1.29, 1.82) is 0 Å². The Hall–Kier alpha value is -3.68. The number of rotatable bonds is 4. The molecule has 0 fully saturated rings. The molecular weight excluding hydrogens is 344 g/mol. The number of hydrogen-bond donors (Lipinski definition) is 4. The van der Waals surface area contributed by atoms with Gasteiger partial charge < -0.3 is 29.9 Å². The summed E-state index contributed by atoms with van der Waals surface area (Å²) in [7, 11) is 0. The topological polar surface area (TPSA) is 134 Å². The number of carbonyl (C=O) groups is 2. The summed E-state index contributed by atoms with van der Waals surface area (Å²) in [6, 6.07) is 8.44. The van der Waals surface area contributed by atoms with Gasteiger partial charge in [0.15, 0.2) is 29.1 Å². The molecule has 0 aliphatic carbocycles. The minimum absolute atomic E-state index is 0.157. The number of aliphatic carboxylic acids is 2. The Bertz CT molecular complexity index is 902. The van der Waals surface area contributed by atoms with Crippen molar-refractivity contribution in [2.24, 2.45) is 0 Å². The number of carboxylic acid groups (broad SMARTS) is 2. The van der Waals surface area contributed by atoms with Crippen LogP contribution in [0.2, 0.25) is 0 Å². The van der Waals surface area contributed by atoms with Crippen molar-refractivity contribution in [2.45, 2.75) is 12.2 Å². The number of benzene rings is 2. The highest BCUT2D eigenvalue weighted by Gasteiger charge is 2.38. The summed E-state index contributed by atoms with van der Waals surface area (Å²) < 4.78 is 11.3. The SMILES string of the molecule is O=C(O)C=Cc1ccc2c(c1)O[C@H](C(=O)O)[C@H](c1ccc(O)c(O)c1)O2. The zero-order valence-electron chi connectivity index (χ0n) is 13.2. The summed E-state index contributed by atoms with van der Waals surface area (Å²) >= 11 is 0. The van der Waals surface area contributed by atoms with E-state index in [4.69, 9.17) is 14.6 Å². The number of hydrogen-bond acceptors (Lipinski definition) is 6. The molecule has 1 aliphatic heterocycles. The lowest BCUT2D eigenvalue weighted by Crippen LogP contribution is -2.39. The normalized spacial score (nSPS) is 18.6. The third kappa shape index (κ3) is 3.39. The fourth-order valence-electron chi connectivity index (χ4n) is 2.52. The minimum Gasteiger partial charge on any atom is -0.504 e. The molecule has 2 aromatic carbocycles. The van der Waals surface area contributed by atoms with E-state index in [-0.39, 0.29) is 17.2 Å².